The van der Waals surface area contributed by atoms with E-state index < -0.39 is 0 Å². The minimum atomic E-state index is -0.00198. The number of rotatable bonds is 3. The van der Waals surface area contributed by atoms with Gasteiger partial charge in [-0.3, -0.25) is 4.79 Å². The number of pyridine rings is 1. The fourth-order valence-corrected chi connectivity index (χ4v) is 2.44. The maximum atomic E-state index is 12.6. The number of nitrogens with zero attached hydrogens (tertiary/aromatic N) is 2. The number of amides is 1. The Bertz CT molecular complexity index is 610. The second kappa shape index (κ2) is 5.57. The molecule has 0 atom stereocenters. The molecule has 0 unspecified atom stereocenters. The van der Waals surface area contributed by atoms with Crippen LogP contribution in [-0.2, 0) is 0 Å². The third-order valence-electron chi connectivity index (χ3n) is 3.20. The first-order valence-corrected chi connectivity index (χ1v) is 6.78. The summed E-state index contributed by atoms with van der Waals surface area (Å²) in [6.45, 7) is 6.66. The van der Waals surface area contributed by atoms with Crippen LogP contribution in [0.15, 0.2) is 30.5 Å². The molecule has 0 radical (unpaired) electrons. The van der Waals surface area contributed by atoms with E-state index >= 15 is 0 Å². The fourth-order valence-electron chi connectivity index (χ4n) is 2.23. The summed E-state index contributed by atoms with van der Waals surface area (Å²) in [5, 5.41) is 2.10. The van der Waals surface area contributed by atoms with Crippen molar-refractivity contribution < 1.29 is 4.79 Å². The van der Waals surface area contributed by atoms with Crippen LogP contribution in [0.4, 0.5) is 0 Å². The molecule has 0 saturated carbocycles. The molecule has 0 fully saturated rings. The molecule has 19 heavy (non-hydrogen) atoms. The Kier molecular flexibility index (Phi) is 4.05. The molecule has 1 aromatic heterocycles. The molecule has 0 aliphatic heterocycles. The monoisotopic (exact) mass is 276 g/mol. The van der Waals surface area contributed by atoms with Gasteiger partial charge in [0.2, 0.25) is 0 Å². The number of hydrogen-bond donors (Lipinski definition) is 0. The van der Waals surface area contributed by atoms with Crippen LogP contribution in [-0.4, -0.2) is 28.4 Å². The van der Waals surface area contributed by atoms with Gasteiger partial charge < -0.3 is 4.90 Å². The van der Waals surface area contributed by atoms with E-state index in [0.717, 1.165) is 10.8 Å². The molecule has 1 heterocycles. The molecule has 2 rings (SSSR count). The van der Waals surface area contributed by atoms with Crippen LogP contribution in [0, 0.1) is 0 Å². The maximum Gasteiger partial charge on any atom is 0.256 e. The van der Waals surface area contributed by atoms with Crippen molar-refractivity contribution in [3.8, 4) is 0 Å². The van der Waals surface area contributed by atoms with E-state index in [1.807, 2.05) is 49.9 Å². The van der Waals surface area contributed by atoms with Crippen LogP contribution >= 0.6 is 11.6 Å². The highest BCUT2D eigenvalue weighted by atomic mass is 35.5. The largest absolute Gasteiger partial charge is 0.336 e. The highest BCUT2D eigenvalue weighted by molar-refractivity contribution is 6.34. The van der Waals surface area contributed by atoms with Gasteiger partial charge in [0, 0.05) is 24.2 Å². The first-order chi connectivity index (χ1) is 9.06. The summed E-state index contributed by atoms with van der Waals surface area (Å²) in [6.07, 6.45) is 1.57. The lowest BCUT2D eigenvalue weighted by atomic mass is 10.1. The van der Waals surface area contributed by atoms with E-state index in [9.17, 15) is 4.79 Å². The lowest BCUT2D eigenvalue weighted by Crippen LogP contribution is -2.36. The molecular weight excluding hydrogens is 260 g/mol. The summed E-state index contributed by atoms with van der Waals surface area (Å²) in [5.74, 6) is -0.00198. The number of carbonyl (C=O) groups excluding carboxylic acids is 1. The lowest BCUT2D eigenvalue weighted by Gasteiger charge is -2.25. The van der Waals surface area contributed by atoms with Crippen molar-refractivity contribution in [1.29, 1.82) is 0 Å². The SMILES string of the molecule is CCN(C(=O)c1cnc(Cl)c2ccccc12)C(C)C. The Labute approximate surface area is 118 Å². The van der Waals surface area contributed by atoms with Gasteiger partial charge in [0.1, 0.15) is 5.15 Å². The Morgan fingerprint density at radius 3 is 2.53 bits per heavy atom. The van der Waals surface area contributed by atoms with Gasteiger partial charge in [0.25, 0.3) is 5.91 Å². The minimum absolute atomic E-state index is 0.00198. The quantitative estimate of drug-likeness (QED) is 0.800. The highest BCUT2D eigenvalue weighted by Gasteiger charge is 2.20. The summed E-state index contributed by atoms with van der Waals surface area (Å²) in [4.78, 5) is 18.5. The molecule has 1 amide bonds. The molecule has 0 saturated heterocycles. The number of fused-ring (bicyclic) bond motifs is 1. The van der Waals surface area contributed by atoms with E-state index in [-0.39, 0.29) is 11.9 Å². The van der Waals surface area contributed by atoms with Gasteiger partial charge >= 0.3 is 0 Å². The molecule has 4 heteroatoms. The first-order valence-electron chi connectivity index (χ1n) is 6.40. The third-order valence-corrected chi connectivity index (χ3v) is 3.50. The lowest BCUT2D eigenvalue weighted by molar-refractivity contribution is 0.0718. The Morgan fingerprint density at radius 2 is 1.95 bits per heavy atom. The van der Waals surface area contributed by atoms with Crippen LogP contribution in [0.3, 0.4) is 0 Å². The number of aromatic nitrogens is 1. The van der Waals surface area contributed by atoms with Crippen molar-refractivity contribution in [2.45, 2.75) is 26.8 Å². The van der Waals surface area contributed by atoms with Crippen LogP contribution in [0.2, 0.25) is 5.15 Å². The molecular formula is C15H17ClN2O. The average molecular weight is 277 g/mol. The van der Waals surface area contributed by atoms with Gasteiger partial charge in [0.15, 0.2) is 0 Å². The van der Waals surface area contributed by atoms with Gasteiger partial charge in [0.05, 0.1) is 5.56 Å². The van der Waals surface area contributed by atoms with Crippen LogP contribution in [0.5, 0.6) is 0 Å². The van der Waals surface area contributed by atoms with E-state index in [1.165, 1.54) is 0 Å². The van der Waals surface area contributed by atoms with Crippen LogP contribution in [0.25, 0.3) is 10.8 Å². The third kappa shape index (κ3) is 2.56. The van der Waals surface area contributed by atoms with Gasteiger partial charge in [-0.05, 0) is 26.2 Å². The first kappa shape index (κ1) is 13.8. The van der Waals surface area contributed by atoms with E-state index in [0.29, 0.717) is 17.3 Å². The topological polar surface area (TPSA) is 33.2 Å². The zero-order chi connectivity index (χ0) is 14.0. The summed E-state index contributed by atoms with van der Waals surface area (Å²) >= 11 is 6.07. The zero-order valence-corrected chi connectivity index (χ0v) is 12.1. The molecule has 2 aromatic rings. The molecule has 0 aliphatic rings. The Hall–Kier alpha value is -1.61. The summed E-state index contributed by atoms with van der Waals surface area (Å²) in [7, 11) is 0. The summed E-state index contributed by atoms with van der Waals surface area (Å²) in [5.41, 5.74) is 0.607. The summed E-state index contributed by atoms with van der Waals surface area (Å²) < 4.78 is 0. The van der Waals surface area contributed by atoms with Crippen molar-refractivity contribution in [1.82, 2.24) is 9.88 Å². The molecule has 0 spiro atoms. The Morgan fingerprint density at radius 1 is 1.32 bits per heavy atom. The molecule has 3 nitrogen and oxygen atoms in total. The molecule has 1 aromatic carbocycles. The number of halogens is 1. The highest BCUT2D eigenvalue weighted by Crippen LogP contribution is 2.25. The molecule has 100 valence electrons. The molecule has 0 bridgehead atoms. The van der Waals surface area contributed by atoms with Gasteiger partial charge in [-0.15, -0.1) is 0 Å². The fraction of sp³-hybridized carbons (Fsp3) is 0.333. The summed E-state index contributed by atoms with van der Waals surface area (Å²) in [6, 6.07) is 7.75. The van der Waals surface area contributed by atoms with Crippen molar-refractivity contribution in [3.63, 3.8) is 0 Å². The van der Waals surface area contributed by atoms with Crippen LogP contribution < -0.4 is 0 Å². The number of carbonyl (C=O) groups is 1. The van der Waals surface area contributed by atoms with E-state index in [2.05, 4.69) is 4.98 Å². The van der Waals surface area contributed by atoms with Crippen molar-refractivity contribution in [3.05, 3.63) is 41.2 Å². The van der Waals surface area contributed by atoms with Gasteiger partial charge in [-0.25, -0.2) is 4.98 Å². The smallest absolute Gasteiger partial charge is 0.256 e. The predicted molar refractivity (Wildman–Crippen MR) is 78.6 cm³/mol. The van der Waals surface area contributed by atoms with Gasteiger partial charge in [-0.2, -0.15) is 0 Å². The standard InChI is InChI=1S/C15H17ClN2O/c1-4-18(10(2)3)15(19)13-9-17-14(16)12-8-6-5-7-11(12)13/h5-10H,4H2,1-3H3. The van der Waals surface area contributed by atoms with E-state index in [4.69, 9.17) is 11.6 Å². The zero-order valence-electron chi connectivity index (χ0n) is 11.4. The minimum Gasteiger partial charge on any atom is -0.336 e. The second-order valence-corrected chi connectivity index (χ2v) is 5.05. The number of hydrogen-bond acceptors (Lipinski definition) is 2. The molecule has 0 aliphatic carbocycles. The number of benzene rings is 1. The normalized spacial score (nSPS) is 11.0. The van der Waals surface area contributed by atoms with E-state index in [1.54, 1.807) is 6.20 Å². The predicted octanol–water partition coefficient (Wildman–Crippen LogP) is 3.76. The molecule has 0 N–H and O–H groups in total. The van der Waals surface area contributed by atoms with Crippen molar-refractivity contribution in [2.75, 3.05) is 6.54 Å². The average Bonchev–Trinajstić information content (AvgIpc) is 2.39. The van der Waals surface area contributed by atoms with Crippen LogP contribution in [0.1, 0.15) is 31.1 Å². The van der Waals surface area contributed by atoms with Gasteiger partial charge in [-0.1, -0.05) is 35.9 Å². The van der Waals surface area contributed by atoms with Crippen molar-refractivity contribution in [2.24, 2.45) is 0 Å². The Balaban J connectivity index is 2.57. The maximum absolute atomic E-state index is 12.6. The second-order valence-electron chi connectivity index (χ2n) is 4.69. The van der Waals surface area contributed by atoms with Crippen molar-refractivity contribution >= 4 is 28.3 Å².